The summed E-state index contributed by atoms with van der Waals surface area (Å²) in [5, 5.41) is 3.63. The Morgan fingerprint density at radius 3 is 2.37 bits per heavy atom. The van der Waals surface area contributed by atoms with Gasteiger partial charge >= 0.3 is 0 Å². The summed E-state index contributed by atoms with van der Waals surface area (Å²) >= 11 is 18.1. The van der Waals surface area contributed by atoms with Crippen LogP contribution in [0.2, 0.25) is 10.0 Å². The molecule has 2 rings (SSSR count). The Kier molecular flexibility index (Phi) is 4.96. The Hall–Kier alpha value is -0.480. The summed E-state index contributed by atoms with van der Waals surface area (Å²) in [5.41, 5.74) is -0.152. The number of benzene rings is 1. The van der Waals surface area contributed by atoms with Gasteiger partial charge in [0, 0.05) is 19.1 Å². The molecular weight excluding hydrogens is 309 g/mol. The summed E-state index contributed by atoms with van der Waals surface area (Å²) in [6.07, 6.45) is 1.37. The van der Waals surface area contributed by atoms with Crippen molar-refractivity contribution in [2.24, 2.45) is 0 Å². The molecule has 0 spiro atoms. The SMILES string of the molecule is O=C(NC1(CCl)CCOCC1)c1c(Cl)cccc1Cl. The number of hydrogen-bond acceptors (Lipinski definition) is 2. The van der Waals surface area contributed by atoms with E-state index in [0.717, 1.165) is 0 Å². The summed E-state index contributed by atoms with van der Waals surface area (Å²) in [5.74, 6) is 0.0441. The second kappa shape index (κ2) is 6.31. The van der Waals surface area contributed by atoms with E-state index in [1.54, 1.807) is 18.2 Å². The minimum atomic E-state index is -0.445. The smallest absolute Gasteiger partial charge is 0.254 e. The Morgan fingerprint density at radius 1 is 1.26 bits per heavy atom. The first-order chi connectivity index (χ1) is 9.08. The van der Waals surface area contributed by atoms with Crippen molar-refractivity contribution in [3.8, 4) is 0 Å². The van der Waals surface area contributed by atoms with Gasteiger partial charge in [0.2, 0.25) is 0 Å². The predicted octanol–water partition coefficient (Wildman–Crippen LogP) is 3.51. The highest BCUT2D eigenvalue weighted by molar-refractivity contribution is 6.39. The number of rotatable bonds is 3. The fraction of sp³-hybridized carbons (Fsp3) is 0.462. The zero-order valence-electron chi connectivity index (χ0n) is 10.2. The van der Waals surface area contributed by atoms with E-state index < -0.39 is 5.54 Å². The average molecular weight is 323 g/mol. The standard InChI is InChI=1S/C13H14Cl3NO2/c14-8-13(4-6-19-7-5-13)17-12(18)11-9(15)2-1-3-10(11)16/h1-3H,4-8H2,(H,17,18). The van der Waals surface area contributed by atoms with E-state index in [2.05, 4.69) is 5.32 Å². The van der Waals surface area contributed by atoms with Crippen molar-refractivity contribution in [2.75, 3.05) is 19.1 Å². The molecule has 1 amide bonds. The highest BCUT2D eigenvalue weighted by Gasteiger charge is 2.34. The van der Waals surface area contributed by atoms with Gasteiger partial charge in [0.15, 0.2) is 0 Å². The van der Waals surface area contributed by atoms with Crippen LogP contribution >= 0.6 is 34.8 Å². The molecule has 1 heterocycles. The largest absolute Gasteiger partial charge is 0.381 e. The molecule has 1 aromatic rings. The van der Waals surface area contributed by atoms with E-state index in [1.807, 2.05) is 0 Å². The van der Waals surface area contributed by atoms with Crippen molar-refractivity contribution in [1.82, 2.24) is 5.32 Å². The van der Waals surface area contributed by atoms with E-state index in [1.165, 1.54) is 0 Å². The van der Waals surface area contributed by atoms with Crippen LogP contribution in [0.25, 0.3) is 0 Å². The van der Waals surface area contributed by atoms with E-state index in [9.17, 15) is 4.79 Å². The zero-order valence-corrected chi connectivity index (χ0v) is 12.5. The summed E-state index contributed by atoms with van der Waals surface area (Å²) in [6.45, 7) is 1.17. The second-order valence-corrected chi connectivity index (χ2v) is 5.66. The van der Waals surface area contributed by atoms with Crippen LogP contribution in [0.4, 0.5) is 0 Å². The van der Waals surface area contributed by atoms with Gasteiger partial charge in [0.1, 0.15) is 0 Å². The molecular formula is C13H14Cl3NO2. The molecule has 0 atom stereocenters. The normalized spacial score (nSPS) is 18.1. The van der Waals surface area contributed by atoms with Crippen LogP contribution in [0.15, 0.2) is 18.2 Å². The number of alkyl halides is 1. The highest BCUT2D eigenvalue weighted by Crippen LogP contribution is 2.27. The summed E-state index contributed by atoms with van der Waals surface area (Å²) < 4.78 is 5.30. The maximum atomic E-state index is 12.3. The van der Waals surface area contributed by atoms with Gasteiger partial charge in [-0.2, -0.15) is 0 Å². The van der Waals surface area contributed by atoms with Crippen LogP contribution in [0.1, 0.15) is 23.2 Å². The molecule has 1 saturated heterocycles. The number of hydrogen-bond donors (Lipinski definition) is 1. The topological polar surface area (TPSA) is 38.3 Å². The molecule has 104 valence electrons. The van der Waals surface area contributed by atoms with Gasteiger partial charge in [0.25, 0.3) is 5.91 Å². The van der Waals surface area contributed by atoms with E-state index in [0.29, 0.717) is 47.5 Å². The third-order valence-electron chi connectivity index (χ3n) is 3.27. The lowest BCUT2D eigenvalue weighted by Gasteiger charge is -2.36. The molecule has 1 fully saturated rings. The molecule has 0 saturated carbocycles. The van der Waals surface area contributed by atoms with Crippen LogP contribution in [0.5, 0.6) is 0 Å². The minimum absolute atomic E-state index is 0.293. The van der Waals surface area contributed by atoms with Crippen LogP contribution in [-0.4, -0.2) is 30.5 Å². The molecule has 3 nitrogen and oxygen atoms in total. The van der Waals surface area contributed by atoms with Gasteiger partial charge in [-0.3, -0.25) is 4.79 Å². The molecule has 0 radical (unpaired) electrons. The Balaban J connectivity index is 2.20. The molecule has 1 aliphatic heterocycles. The van der Waals surface area contributed by atoms with Crippen LogP contribution in [-0.2, 0) is 4.74 Å². The highest BCUT2D eigenvalue weighted by atomic mass is 35.5. The van der Waals surface area contributed by atoms with Gasteiger partial charge in [-0.05, 0) is 25.0 Å². The Bertz CT molecular complexity index is 453. The molecule has 1 aromatic carbocycles. The summed E-state index contributed by atoms with van der Waals surface area (Å²) in [6, 6.07) is 4.98. The van der Waals surface area contributed by atoms with Crippen molar-refractivity contribution in [2.45, 2.75) is 18.4 Å². The van der Waals surface area contributed by atoms with Crippen molar-refractivity contribution in [1.29, 1.82) is 0 Å². The molecule has 0 unspecified atom stereocenters. The van der Waals surface area contributed by atoms with Crippen LogP contribution in [0.3, 0.4) is 0 Å². The lowest BCUT2D eigenvalue weighted by molar-refractivity contribution is 0.0434. The van der Waals surface area contributed by atoms with Gasteiger partial charge in [-0.1, -0.05) is 29.3 Å². The minimum Gasteiger partial charge on any atom is -0.381 e. The molecule has 1 N–H and O–H groups in total. The number of halogens is 3. The Labute approximate surface area is 127 Å². The van der Waals surface area contributed by atoms with Gasteiger partial charge in [-0.15, -0.1) is 11.6 Å². The fourth-order valence-corrected chi connectivity index (χ4v) is 2.98. The van der Waals surface area contributed by atoms with Crippen molar-refractivity contribution in [3.05, 3.63) is 33.8 Å². The number of nitrogens with one attached hydrogen (secondary N) is 1. The lowest BCUT2D eigenvalue weighted by atomic mass is 9.92. The van der Waals surface area contributed by atoms with E-state index in [4.69, 9.17) is 39.5 Å². The Morgan fingerprint density at radius 2 is 1.84 bits per heavy atom. The van der Waals surface area contributed by atoms with Crippen molar-refractivity contribution >= 4 is 40.7 Å². The molecule has 6 heteroatoms. The monoisotopic (exact) mass is 321 g/mol. The van der Waals surface area contributed by atoms with Crippen molar-refractivity contribution in [3.63, 3.8) is 0 Å². The quantitative estimate of drug-likeness (QED) is 0.865. The summed E-state index contributed by atoms with van der Waals surface area (Å²) in [7, 11) is 0. The number of ether oxygens (including phenoxy) is 1. The van der Waals surface area contributed by atoms with Crippen molar-refractivity contribution < 1.29 is 9.53 Å². The first kappa shape index (κ1) is 14.9. The molecule has 0 bridgehead atoms. The predicted molar refractivity (Wildman–Crippen MR) is 77.4 cm³/mol. The third kappa shape index (κ3) is 3.34. The first-order valence-electron chi connectivity index (χ1n) is 5.98. The lowest BCUT2D eigenvalue weighted by Crippen LogP contribution is -2.53. The van der Waals surface area contributed by atoms with Gasteiger partial charge < -0.3 is 10.1 Å². The summed E-state index contributed by atoms with van der Waals surface area (Å²) in [4.78, 5) is 12.3. The molecule has 19 heavy (non-hydrogen) atoms. The van der Waals surface area contributed by atoms with Gasteiger partial charge in [-0.25, -0.2) is 0 Å². The van der Waals surface area contributed by atoms with E-state index in [-0.39, 0.29) is 5.91 Å². The van der Waals surface area contributed by atoms with Crippen LogP contribution in [0, 0.1) is 0 Å². The zero-order chi connectivity index (χ0) is 13.9. The number of carbonyl (C=O) groups is 1. The fourth-order valence-electron chi connectivity index (χ4n) is 2.07. The molecule has 0 aromatic heterocycles. The maximum absolute atomic E-state index is 12.3. The average Bonchev–Trinajstić information content (AvgIpc) is 2.39. The van der Waals surface area contributed by atoms with Crippen LogP contribution < -0.4 is 5.32 Å². The molecule has 1 aliphatic rings. The number of carbonyl (C=O) groups excluding carboxylic acids is 1. The second-order valence-electron chi connectivity index (χ2n) is 4.58. The third-order valence-corrected chi connectivity index (χ3v) is 4.42. The van der Waals surface area contributed by atoms with Gasteiger partial charge in [0.05, 0.1) is 21.1 Å². The first-order valence-corrected chi connectivity index (χ1v) is 7.27. The maximum Gasteiger partial charge on any atom is 0.254 e. The number of amides is 1. The van der Waals surface area contributed by atoms with E-state index >= 15 is 0 Å². The molecule has 0 aliphatic carbocycles.